The Hall–Kier alpha value is -2.06. The van der Waals surface area contributed by atoms with Crippen LogP contribution >= 0.6 is 11.8 Å². The zero-order valence-corrected chi connectivity index (χ0v) is 18.4. The predicted octanol–water partition coefficient (Wildman–Crippen LogP) is 6.03. The van der Waals surface area contributed by atoms with Crippen molar-refractivity contribution in [3.63, 3.8) is 0 Å². The molecular formula is C23H30N4S. The second-order valence-electron chi connectivity index (χ2n) is 8.73. The van der Waals surface area contributed by atoms with Crippen LogP contribution in [0.15, 0.2) is 29.4 Å². The fourth-order valence-corrected chi connectivity index (χ4v) is 4.15. The van der Waals surface area contributed by atoms with Gasteiger partial charge in [-0.1, -0.05) is 76.6 Å². The molecule has 1 aromatic heterocycles. The van der Waals surface area contributed by atoms with Gasteiger partial charge in [-0.15, -0.1) is 0 Å². The van der Waals surface area contributed by atoms with E-state index in [9.17, 15) is 5.26 Å². The van der Waals surface area contributed by atoms with Gasteiger partial charge >= 0.3 is 0 Å². The molecule has 1 saturated carbocycles. The molecule has 0 saturated heterocycles. The minimum Gasteiger partial charge on any atom is -0.366 e. The van der Waals surface area contributed by atoms with E-state index in [-0.39, 0.29) is 5.41 Å². The predicted molar refractivity (Wildman–Crippen MR) is 118 cm³/mol. The number of hydrogen-bond donors (Lipinski definition) is 1. The first-order valence-corrected chi connectivity index (χ1v) is 11.3. The first-order valence-electron chi connectivity index (χ1n) is 10.1. The molecule has 1 fully saturated rings. The van der Waals surface area contributed by atoms with Gasteiger partial charge in [-0.05, 0) is 36.0 Å². The molecular weight excluding hydrogens is 364 g/mol. The lowest BCUT2D eigenvalue weighted by Gasteiger charge is -2.30. The Morgan fingerprint density at radius 1 is 1.11 bits per heavy atom. The summed E-state index contributed by atoms with van der Waals surface area (Å²) in [6.45, 7) is 8.89. The summed E-state index contributed by atoms with van der Waals surface area (Å²) in [5, 5.41) is 14.2. The highest BCUT2D eigenvalue weighted by Gasteiger charge is 2.24. The number of hydrogen-bond acceptors (Lipinski definition) is 5. The van der Waals surface area contributed by atoms with Crippen molar-refractivity contribution in [3.05, 3.63) is 35.4 Å². The molecule has 0 spiro atoms. The SMILES string of the molecule is CSc1nc(N[C@@H]2CCCC[C@@H]2C)c(C#N)c(-c2ccc(C(C)(C)C)cc2)n1. The Morgan fingerprint density at radius 3 is 2.36 bits per heavy atom. The Kier molecular flexibility index (Phi) is 6.30. The third kappa shape index (κ3) is 4.50. The van der Waals surface area contributed by atoms with Gasteiger partial charge < -0.3 is 5.32 Å². The highest BCUT2D eigenvalue weighted by molar-refractivity contribution is 7.98. The van der Waals surface area contributed by atoms with Crippen LogP contribution in [0.4, 0.5) is 5.82 Å². The van der Waals surface area contributed by atoms with E-state index >= 15 is 0 Å². The minimum absolute atomic E-state index is 0.0938. The third-order valence-electron chi connectivity index (χ3n) is 5.64. The van der Waals surface area contributed by atoms with Crippen LogP contribution in [0.25, 0.3) is 11.3 Å². The molecule has 5 heteroatoms. The topological polar surface area (TPSA) is 61.6 Å². The van der Waals surface area contributed by atoms with Crippen molar-refractivity contribution in [3.8, 4) is 17.3 Å². The quantitative estimate of drug-likeness (QED) is 0.507. The molecule has 0 amide bonds. The van der Waals surface area contributed by atoms with Crippen molar-refractivity contribution in [2.75, 3.05) is 11.6 Å². The van der Waals surface area contributed by atoms with Gasteiger partial charge in [0.2, 0.25) is 0 Å². The Morgan fingerprint density at radius 2 is 1.79 bits per heavy atom. The van der Waals surface area contributed by atoms with Crippen LogP contribution in [0.5, 0.6) is 0 Å². The van der Waals surface area contributed by atoms with E-state index in [1.54, 1.807) is 0 Å². The summed E-state index contributed by atoms with van der Waals surface area (Å²) in [4.78, 5) is 9.34. The number of nitrogens with zero attached hydrogens (tertiary/aromatic N) is 3. The highest BCUT2D eigenvalue weighted by atomic mass is 32.2. The van der Waals surface area contributed by atoms with E-state index in [0.29, 0.717) is 34.2 Å². The molecule has 2 atom stereocenters. The number of benzene rings is 1. The molecule has 3 rings (SSSR count). The number of nitrogens with one attached hydrogen (secondary N) is 1. The summed E-state index contributed by atoms with van der Waals surface area (Å²) >= 11 is 1.51. The van der Waals surface area contributed by atoms with Crippen LogP contribution in [0.2, 0.25) is 0 Å². The fourth-order valence-electron chi connectivity index (χ4n) is 3.79. The second kappa shape index (κ2) is 8.53. The molecule has 2 aromatic rings. The largest absolute Gasteiger partial charge is 0.366 e. The van der Waals surface area contributed by atoms with Gasteiger partial charge in [0.1, 0.15) is 17.5 Å². The van der Waals surface area contributed by atoms with Gasteiger partial charge in [-0.25, -0.2) is 9.97 Å². The summed E-state index contributed by atoms with van der Waals surface area (Å²) < 4.78 is 0. The van der Waals surface area contributed by atoms with Crippen LogP contribution in [-0.4, -0.2) is 22.3 Å². The van der Waals surface area contributed by atoms with Gasteiger partial charge in [0.15, 0.2) is 5.16 Å². The Bertz CT molecular complexity index is 862. The molecule has 1 aliphatic carbocycles. The lowest BCUT2D eigenvalue weighted by molar-refractivity contribution is 0.349. The summed E-state index contributed by atoms with van der Waals surface area (Å²) in [6, 6.07) is 11.1. The summed E-state index contributed by atoms with van der Waals surface area (Å²) in [5.74, 6) is 1.26. The zero-order valence-electron chi connectivity index (χ0n) is 17.5. The molecule has 1 heterocycles. The number of aromatic nitrogens is 2. The molecule has 0 aliphatic heterocycles. The van der Waals surface area contributed by atoms with Crippen LogP contribution in [0, 0.1) is 17.2 Å². The molecule has 148 valence electrons. The molecule has 1 aliphatic rings. The maximum Gasteiger partial charge on any atom is 0.189 e. The molecule has 28 heavy (non-hydrogen) atoms. The average molecular weight is 395 g/mol. The molecule has 0 bridgehead atoms. The molecule has 0 radical (unpaired) electrons. The maximum atomic E-state index is 9.93. The van der Waals surface area contributed by atoms with Gasteiger partial charge in [0, 0.05) is 11.6 Å². The van der Waals surface area contributed by atoms with Gasteiger partial charge in [0.05, 0.1) is 5.69 Å². The average Bonchev–Trinajstić information content (AvgIpc) is 2.68. The second-order valence-corrected chi connectivity index (χ2v) is 9.51. The maximum absolute atomic E-state index is 9.93. The monoisotopic (exact) mass is 394 g/mol. The lowest BCUT2D eigenvalue weighted by Crippen LogP contribution is -2.31. The molecule has 0 unspecified atom stereocenters. The van der Waals surface area contributed by atoms with Crippen molar-refractivity contribution >= 4 is 17.6 Å². The van der Waals surface area contributed by atoms with Gasteiger partial charge in [-0.3, -0.25) is 0 Å². The van der Waals surface area contributed by atoms with E-state index in [2.05, 4.69) is 73.3 Å². The standard InChI is InChI=1S/C23H30N4S/c1-15-8-6-7-9-19(15)25-21-18(14-24)20(26-22(27-21)28-5)16-10-12-17(13-11-16)23(2,3)4/h10-13,15,19H,6-9H2,1-5H3,(H,25,26,27)/t15-,19+/m0/s1. The number of nitriles is 1. The zero-order chi connectivity index (χ0) is 20.3. The third-order valence-corrected chi connectivity index (χ3v) is 6.19. The van der Waals surface area contributed by atoms with E-state index in [4.69, 9.17) is 0 Å². The van der Waals surface area contributed by atoms with Gasteiger partial charge in [-0.2, -0.15) is 5.26 Å². The van der Waals surface area contributed by atoms with Crippen LogP contribution in [-0.2, 0) is 5.41 Å². The molecule has 1 aromatic carbocycles. The minimum atomic E-state index is 0.0938. The smallest absolute Gasteiger partial charge is 0.189 e. The Labute approximate surface area is 173 Å². The first kappa shape index (κ1) is 20.7. The summed E-state index contributed by atoms with van der Waals surface area (Å²) in [5.41, 5.74) is 3.58. The number of thioether (sulfide) groups is 1. The van der Waals surface area contributed by atoms with E-state index in [1.807, 2.05) is 6.26 Å². The fraction of sp³-hybridized carbons (Fsp3) is 0.522. The normalized spacial score (nSPS) is 19.9. The Balaban J connectivity index is 2.02. The van der Waals surface area contributed by atoms with Crippen molar-refractivity contribution < 1.29 is 0 Å². The molecule has 1 N–H and O–H groups in total. The summed E-state index contributed by atoms with van der Waals surface area (Å²) in [6.07, 6.45) is 6.84. The lowest BCUT2D eigenvalue weighted by atomic mass is 9.85. The van der Waals surface area contributed by atoms with Crippen molar-refractivity contribution in [1.82, 2.24) is 9.97 Å². The van der Waals surface area contributed by atoms with Crippen molar-refractivity contribution in [2.45, 2.75) is 70.0 Å². The molecule has 4 nitrogen and oxygen atoms in total. The first-order chi connectivity index (χ1) is 13.3. The van der Waals surface area contributed by atoms with Crippen LogP contribution in [0.3, 0.4) is 0 Å². The van der Waals surface area contributed by atoms with Crippen LogP contribution in [0.1, 0.15) is 64.5 Å². The number of anilines is 1. The van der Waals surface area contributed by atoms with Gasteiger partial charge in [0.25, 0.3) is 0 Å². The summed E-state index contributed by atoms with van der Waals surface area (Å²) in [7, 11) is 0. The number of rotatable bonds is 4. The van der Waals surface area contributed by atoms with E-state index in [1.165, 1.54) is 36.6 Å². The van der Waals surface area contributed by atoms with E-state index < -0.39 is 0 Å². The van der Waals surface area contributed by atoms with Crippen molar-refractivity contribution in [1.29, 1.82) is 5.26 Å². The van der Waals surface area contributed by atoms with E-state index in [0.717, 1.165) is 12.0 Å². The van der Waals surface area contributed by atoms with Crippen molar-refractivity contribution in [2.24, 2.45) is 5.92 Å². The highest BCUT2D eigenvalue weighted by Crippen LogP contribution is 2.33. The van der Waals surface area contributed by atoms with Crippen LogP contribution < -0.4 is 5.32 Å².